The molecule has 4 rings (SSSR count). The number of tetrazole rings is 1. The molecular formula is C25H35N7. The summed E-state index contributed by atoms with van der Waals surface area (Å²) in [6.45, 7) is 12.6. The van der Waals surface area contributed by atoms with Crippen LogP contribution in [0.1, 0.15) is 49.5 Å². The molecule has 1 saturated carbocycles. The second kappa shape index (κ2) is 11.3. The molecule has 2 aromatic rings. The van der Waals surface area contributed by atoms with Gasteiger partial charge in [0.05, 0.1) is 6.04 Å². The number of piperazine rings is 1. The number of aliphatic imine (C=N–C) groups is 1. The summed E-state index contributed by atoms with van der Waals surface area (Å²) in [5.74, 6) is 0.849. The van der Waals surface area contributed by atoms with Crippen molar-refractivity contribution in [2.75, 3.05) is 26.2 Å². The Bertz CT molecular complexity index is 890. The Morgan fingerprint density at radius 1 is 1.09 bits per heavy atom. The van der Waals surface area contributed by atoms with Gasteiger partial charge in [0.1, 0.15) is 0 Å². The molecule has 0 radical (unpaired) electrons. The first-order valence-electron chi connectivity index (χ1n) is 11.9. The fourth-order valence-corrected chi connectivity index (χ4v) is 5.12. The van der Waals surface area contributed by atoms with Crippen molar-refractivity contribution in [3.63, 3.8) is 0 Å². The van der Waals surface area contributed by atoms with Crippen molar-refractivity contribution >= 4 is 6.72 Å². The van der Waals surface area contributed by atoms with Crippen LogP contribution in [-0.4, -0.2) is 68.9 Å². The van der Waals surface area contributed by atoms with Crippen molar-refractivity contribution in [1.29, 1.82) is 0 Å². The summed E-state index contributed by atoms with van der Waals surface area (Å²) in [7, 11) is 0. The van der Waals surface area contributed by atoms with Crippen LogP contribution < -0.4 is 0 Å². The highest BCUT2D eigenvalue weighted by atomic mass is 15.6. The van der Waals surface area contributed by atoms with Gasteiger partial charge in [-0.3, -0.25) is 14.8 Å². The summed E-state index contributed by atoms with van der Waals surface area (Å²) in [5.41, 5.74) is 2.26. The molecule has 1 aromatic carbocycles. The van der Waals surface area contributed by atoms with E-state index in [1.54, 1.807) is 6.20 Å². The first kappa shape index (κ1) is 22.6. The minimum atomic E-state index is -0.0720. The molecule has 32 heavy (non-hydrogen) atoms. The predicted octanol–water partition coefficient (Wildman–Crippen LogP) is 3.68. The number of aryl methyl sites for hydroxylation is 2. The summed E-state index contributed by atoms with van der Waals surface area (Å²) in [5, 5.41) is 12.8. The molecule has 2 heterocycles. The van der Waals surface area contributed by atoms with Gasteiger partial charge in [-0.2, -0.15) is 0 Å². The van der Waals surface area contributed by atoms with E-state index in [-0.39, 0.29) is 6.04 Å². The van der Waals surface area contributed by atoms with E-state index in [1.807, 2.05) is 16.8 Å². The maximum atomic E-state index is 4.46. The third-order valence-corrected chi connectivity index (χ3v) is 6.86. The van der Waals surface area contributed by atoms with E-state index in [0.29, 0.717) is 0 Å². The molecule has 1 atom stereocenters. The maximum Gasteiger partial charge on any atom is 0.173 e. The van der Waals surface area contributed by atoms with E-state index in [1.165, 1.54) is 37.7 Å². The van der Waals surface area contributed by atoms with Crippen LogP contribution in [0.15, 0.2) is 59.8 Å². The van der Waals surface area contributed by atoms with Gasteiger partial charge in [-0.15, -0.1) is 5.10 Å². The molecule has 7 nitrogen and oxygen atoms in total. The van der Waals surface area contributed by atoms with Crippen LogP contribution in [0, 0.1) is 0 Å². The Labute approximate surface area is 191 Å². The first-order chi connectivity index (χ1) is 15.8. The Morgan fingerprint density at radius 3 is 2.53 bits per heavy atom. The first-order valence-corrected chi connectivity index (χ1v) is 11.9. The lowest BCUT2D eigenvalue weighted by Crippen LogP contribution is -2.52. The number of nitrogens with zero attached hydrogens (tertiary/aromatic N) is 7. The normalized spacial score (nSPS) is 20.2. The van der Waals surface area contributed by atoms with E-state index < -0.39 is 0 Å². The van der Waals surface area contributed by atoms with Crippen molar-refractivity contribution in [1.82, 2.24) is 30.0 Å². The highest BCUT2D eigenvalue weighted by Gasteiger charge is 2.33. The molecule has 1 aliphatic carbocycles. The maximum absolute atomic E-state index is 4.46. The number of hydrogen-bond acceptors (Lipinski definition) is 6. The minimum Gasteiger partial charge on any atom is -0.298 e. The lowest BCUT2D eigenvalue weighted by molar-refractivity contribution is 0.0617. The van der Waals surface area contributed by atoms with E-state index in [9.17, 15) is 0 Å². The van der Waals surface area contributed by atoms with Crippen LogP contribution in [0.5, 0.6) is 0 Å². The largest absolute Gasteiger partial charge is 0.298 e. The van der Waals surface area contributed by atoms with Crippen molar-refractivity contribution in [3.05, 3.63) is 66.1 Å². The van der Waals surface area contributed by atoms with Crippen molar-refractivity contribution < 1.29 is 0 Å². The van der Waals surface area contributed by atoms with Gasteiger partial charge in [0.15, 0.2) is 5.82 Å². The predicted molar refractivity (Wildman–Crippen MR) is 129 cm³/mol. The van der Waals surface area contributed by atoms with Crippen LogP contribution in [0.4, 0.5) is 0 Å². The van der Waals surface area contributed by atoms with Crippen LogP contribution in [-0.2, 0) is 13.0 Å². The Morgan fingerprint density at radius 2 is 1.84 bits per heavy atom. The van der Waals surface area contributed by atoms with Crippen LogP contribution in [0.3, 0.4) is 0 Å². The number of benzene rings is 1. The third kappa shape index (κ3) is 5.40. The summed E-state index contributed by atoms with van der Waals surface area (Å²) < 4.78 is 1.94. The Hall–Kier alpha value is -2.64. The van der Waals surface area contributed by atoms with Gasteiger partial charge in [-0.25, -0.2) is 4.68 Å². The summed E-state index contributed by atoms with van der Waals surface area (Å²) in [6.07, 6.45) is 11.4. The van der Waals surface area contributed by atoms with E-state index >= 15 is 0 Å². The molecule has 170 valence electrons. The molecule has 0 spiro atoms. The smallest absolute Gasteiger partial charge is 0.173 e. The van der Waals surface area contributed by atoms with Crippen molar-refractivity contribution in [3.8, 4) is 0 Å². The average molecular weight is 434 g/mol. The lowest BCUT2D eigenvalue weighted by atomic mass is 9.93. The third-order valence-electron chi connectivity index (χ3n) is 6.86. The highest BCUT2D eigenvalue weighted by Crippen LogP contribution is 2.30. The molecule has 0 N–H and O–H groups in total. The monoisotopic (exact) mass is 433 g/mol. The van der Waals surface area contributed by atoms with Crippen LogP contribution >= 0.6 is 0 Å². The van der Waals surface area contributed by atoms with Crippen molar-refractivity contribution in [2.24, 2.45) is 4.99 Å². The minimum absolute atomic E-state index is 0.0720. The lowest BCUT2D eigenvalue weighted by Gasteiger charge is -2.43. The standard InChI is InChI=1S/C25H35N7/c1-3-22(20-26-2)24(31-18-16-30(17-19-31)23-12-8-5-9-13-23)25-27-28-29-32(25)15-14-21-10-6-4-7-11-21/h3-4,6-7,10-11,20,23-24H,1-2,5,8-9,12-19H2/b22-20+. The van der Waals surface area contributed by atoms with Gasteiger partial charge in [-0.1, -0.05) is 62.2 Å². The average Bonchev–Trinajstić information content (AvgIpc) is 3.32. The topological polar surface area (TPSA) is 62.4 Å². The molecule has 1 aromatic heterocycles. The van der Waals surface area contributed by atoms with E-state index in [2.05, 4.69) is 67.9 Å². The van der Waals surface area contributed by atoms with Crippen molar-refractivity contribution in [2.45, 2.75) is 57.2 Å². The van der Waals surface area contributed by atoms with Crippen LogP contribution in [0.25, 0.3) is 0 Å². The zero-order valence-corrected chi connectivity index (χ0v) is 19.0. The van der Waals surface area contributed by atoms with Crippen LogP contribution in [0.2, 0.25) is 0 Å². The fourth-order valence-electron chi connectivity index (χ4n) is 5.12. The summed E-state index contributed by atoms with van der Waals surface area (Å²) in [4.78, 5) is 9.21. The summed E-state index contributed by atoms with van der Waals surface area (Å²) in [6, 6.07) is 11.1. The molecule has 2 aliphatic rings. The zero-order chi connectivity index (χ0) is 22.2. The van der Waals surface area contributed by atoms with Gasteiger partial charge >= 0.3 is 0 Å². The summed E-state index contributed by atoms with van der Waals surface area (Å²) >= 11 is 0. The second-order valence-corrected chi connectivity index (χ2v) is 8.78. The molecule has 0 amide bonds. The highest BCUT2D eigenvalue weighted by molar-refractivity contribution is 5.32. The van der Waals surface area contributed by atoms with Gasteiger partial charge in [0.2, 0.25) is 0 Å². The zero-order valence-electron chi connectivity index (χ0n) is 19.0. The quantitative estimate of drug-likeness (QED) is 0.446. The van der Waals surface area contributed by atoms with Gasteiger partial charge in [0.25, 0.3) is 0 Å². The number of hydrogen-bond donors (Lipinski definition) is 0. The van der Waals surface area contributed by atoms with Gasteiger partial charge in [-0.05, 0) is 47.5 Å². The van der Waals surface area contributed by atoms with E-state index in [0.717, 1.165) is 56.6 Å². The Balaban J connectivity index is 1.51. The number of rotatable bonds is 9. The Kier molecular flexibility index (Phi) is 7.96. The van der Waals surface area contributed by atoms with E-state index in [4.69, 9.17) is 0 Å². The molecule has 2 fully saturated rings. The molecule has 1 saturated heterocycles. The molecule has 1 unspecified atom stereocenters. The number of aromatic nitrogens is 4. The molecule has 0 bridgehead atoms. The second-order valence-electron chi connectivity index (χ2n) is 8.78. The van der Waals surface area contributed by atoms with Gasteiger partial charge in [0, 0.05) is 45.0 Å². The van der Waals surface area contributed by atoms with Gasteiger partial charge < -0.3 is 0 Å². The SMILES string of the molecule is C=C/C(=C\N=C)C(c1nnnn1CCc1ccccc1)N1CCN(C2CCCCC2)CC1. The molecular weight excluding hydrogens is 398 g/mol. The molecule has 1 aliphatic heterocycles. The molecule has 7 heteroatoms. The fraction of sp³-hybridized carbons (Fsp3) is 0.520.